The smallest absolute Gasteiger partial charge is 0.233 e. The van der Waals surface area contributed by atoms with E-state index in [1.807, 2.05) is 6.08 Å². The van der Waals surface area contributed by atoms with Gasteiger partial charge in [0.15, 0.2) is 17.6 Å². The van der Waals surface area contributed by atoms with E-state index in [0.717, 1.165) is 5.57 Å². The van der Waals surface area contributed by atoms with Crippen molar-refractivity contribution in [2.75, 3.05) is 12.0 Å². The summed E-state index contributed by atoms with van der Waals surface area (Å²) in [6.45, 7) is -0.786. The number of rotatable bonds is 7. The number of nitrogens with zero attached hydrogens (tertiary/aromatic N) is 5. The molecule has 0 unspecified atom stereocenters. The molecule has 4 aromatic rings. The van der Waals surface area contributed by atoms with E-state index in [0.29, 0.717) is 34.3 Å². The lowest BCUT2D eigenvalue weighted by Gasteiger charge is -2.30. The number of oxazole rings is 1. The molecule has 35 heavy (non-hydrogen) atoms. The highest BCUT2D eigenvalue weighted by molar-refractivity contribution is 8.14. The summed E-state index contributed by atoms with van der Waals surface area (Å²) in [7, 11) is 0. The van der Waals surface area contributed by atoms with Gasteiger partial charge < -0.3 is 20.2 Å². The second-order valence-electron chi connectivity index (χ2n) is 7.87. The number of aliphatic imine (C=N–C) groups is 1. The highest BCUT2D eigenvalue weighted by Crippen LogP contribution is 2.53. The number of benzene rings is 1. The fraction of sp³-hybridized carbons (Fsp3) is 0.174. The lowest BCUT2D eigenvalue weighted by Crippen LogP contribution is -2.34. The summed E-state index contributed by atoms with van der Waals surface area (Å²) in [5, 5.41) is 3.32. The van der Waals surface area contributed by atoms with Crippen molar-refractivity contribution >= 4 is 39.5 Å². The maximum atomic E-state index is 14.9. The number of nitrogens with two attached hydrogens (primary N) is 1. The second kappa shape index (κ2) is 8.31. The minimum Gasteiger partial charge on any atom is -0.467 e. The summed E-state index contributed by atoms with van der Waals surface area (Å²) in [5.41, 5.74) is 6.78. The van der Waals surface area contributed by atoms with Gasteiger partial charge in [-0.05, 0) is 29.8 Å². The zero-order valence-electron chi connectivity index (χ0n) is 18.0. The zero-order valence-corrected chi connectivity index (χ0v) is 18.8. The van der Waals surface area contributed by atoms with Crippen molar-refractivity contribution in [2.45, 2.75) is 17.4 Å². The van der Waals surface area contributed by atoms with E-state index < -0.39 is 18.0 Å². The number of alkyl halides is 1. The molecule has 1 aliphatic heterocycles. The van der Waals surface area contributed by atoms with Crippen LogP contribution in [0.1, 0.15) is 11.5 Å². The molecule has 4 heterocycles. The highest BCUT2D eigenvalue weighted by atomic mass is 32.2. The fourth-order valence-corrected chi connectivity index (χ4v) is 5.00. The molecule has 3 aromatic heterocycles. The number of fused-ring (bicyclic) bond motifs is 2. The van der Waals surface area contributed by atoms with Crippen molar-refractivity contribution in [3.8, 4) is 5.88 Å². The van der Waals surface area contributed by atoms with Crippen LogP contribution in [-0.2, 0) is 12.1 Å². The Morgan fingerprint density at radius 1 is 1.20 bits per heavy atom. The summed E-state index contributed by atoms with van der Waals surface area (Å²) in [6.07, 6.45) is 7.87. The largest absolute Gasteiger partial charge is 0.467 e. The van der Waals surface area contributed by atoms with Crippen LogP contribution in [0.2, 0.25) is 0 Å². The van der Waals surface area contributed by atoms with Crippen molar-refractivity contribution in [1.82, 2.24) is 19.9 Å². The van der Waals surface area contributed by atoms with E-state index in [4.69, 9.17) is 14.9 Å². The van der Waals surface area contributed by atoms with Crippen LogP contribution in [0.3, 0.4) is 0 Å². The molecule has 2 atom stereocenters. The molecule has 3 N–H and O–H groups in total. The third-order valence-corrected chi connectivity index (χ3v) is 6.66. The first-order valence-corrected chi connectivity index (χ1v) is 11.4. The molecule has 0 spiro atoms. The van der Waals surface area contributed by atoms with Crippen LogP contribution in [0.15, 0.2) is 70.2 Å². The van der Waals surface area contributed by atoms with E-state index >= 15 is 0 Å². The summed E-state index contributed by atoms with van der Waals surface area (Å²) in [4.78, 5) is 21.5. The molecular weight excluding hydrogens is 476 g/mol. The van der Waals surface area contributed by atoms with Crippen LogP contribution in [0.4, 0.5) is 20.3 Å². The first-order chi connectivity index (χ1) is 17.1. The van der Waals surface area contributed by atoms with E-state index in [2.05, 4.69) is 30.2 Å². The summed E-state index contributed by atoms with van der Waals surface area (Å²) in [6, 6.07) is 6.03. The molecule has 0 amide bonds. The number of hydrogen-bond donors (Lipinski definition) is 2. The Morgan fingerprint density at radius 3 is 2.94 bits per heavy atom. The van der Waals surface area contributed by atoms with Crippen LogP contribution in [0.25, 0.3) is 11.0 Å². The van der Waals surface area contributed by atoms with Crippen molar-refractivity contribution in [3.05, 3.63) is 78.0 Å². The van der Waals surface area contributed by atoms with Gasteiger partial charge in [-0.1, -0.05) is 17.8 Å². The van der Waals surface area contributed by atoms with Gasteiger partial charge in [0.1, 0.15) is 29.8 Å². The second-order valence-corrected chi connectivity index (χ2v) is 9.04. The van der Waals surface area contributed by atoms with Crippen LogP contribution in [0, 0.1) is 5.82 Å². The van der Waals surface area contributed by atoms with Gasteiger partial charge >= 0.3 is 0 Å². The van der Waals surface area contributed by atoms with Gasteiger partial charge in [-0.3, -0.25) is 0 Å². The average Bonchev–Trinajstić information content (AvgIpc) is 3.46. The molecule has 1 aromatic carbocycles. The Bertz CT molecular complexity index is 1490. The van der Waals surface area contributed by atoms with Gasteiger partial charge in [0.25, 0.3) is 0 Å². The van der Waals surface area contributed by atoms with Gasteiger partial charge in [-0.2, -0.15) is 0 Å². The number of pyridine rings is 1. The Labute approximate surface area is 201 Å². The third kappa shape index (κ3) is 3.85. The molecular formula is C23H17F2N7O2S. The summed E-state index contributed by atoms with van der Waals surface area (Å²) >= 11 is 1.33. The van der Waals surface area contributed by atoms with Crippen molar-refractivity contribution in [3.63, 3.8) is 0 Å². The van der Waals surface area contributed by atoms with Gasteiger partial charge in [0.2, 0.25) is 11.8 Å². The summed E-state index contributed by atoms with van der Waals surface area (Å²) < 4.78 is 40.0. The number of anilines is 2. The molecule has 9 nitrogen and oxygen atoms in total. The number of hydrogen-bond acceptors (Lipinski definition) is 10. The normalized spacial score (nSPS) is 20.7. The lowest BCUT2D eigenvalue weighted by molar-refractivity contribution is 0.253. The molecule has 1 aliphatic carbocycles. The maximum Gasteiger partial charge on any atom is 0.233 e. The monoisotopic (exact) mass is 493 g/mol. The van der Waals surface area contributed by atoms with Crippen LogP contribution in [0.5, 0.6) is 5.88 Å². The predicted octanol–water partition coefficient (Wildman–Crippen LogP) is 4.01. The average molecular weight is 493 g/mol. The standard InChI is InChI=1S/C23H17F2N7O2S/c24-11-23(14-8-17(14)35-22(26)32-23)13-7-12(1-2-15(13)25)30-21-20-16(3-4-28-21)31-18(9-29-20)34-10-19-27-5-6-33-19/h1-9,17H,10-11H2,(H2,26,32)(H,28,30)/t17-,23+/m0/s1. The van der Waals surface area contributed by atoms with Crippen LogP contribution >= 0.6 is 11.8 Å². The van der Waals surface area contributed by atoms with Crippen LogP contribution < -0.4 is 15.8 Å². The van der Waals surface area contributed by atoms with E-state index in [1.54, 1.807) is 12.3 Å². The minimum absolute atomic E-state index is 0.0470. The SMILES string of the molecule is NC1=N[C@](CF)(c2cc(Nc3nccc4nc(OCc5ncco5)cnc34)ccc2F)C2=C[C@@H]2S1. The zero-order chi connectivity index (χ0) is 24.0. The predicted molar refractivity (Wildman–Crippen MR) is 127 cm³/mol. The van der Waals surface area contributed by atoms with Gasteiger partial charge in [0.05, 0.1) is 23.2 Å². The first-order valence-electron chi connectivity index (χ1n) is 10.6. The molecule has 6 rings (SSSR count). The molecule has 0 bridgehead atoms. The molecule has 0 saturated heterocycles. The maximum absolute atomic E-state index is 14.9. The number of amidine groups is 1. The van der Waals surface area contributed by atoms with E-state index in [1.165, 1.54) is 48.6 Å². The quantitative estimate of drug-likeness (QED) is 0.367. The number of halogens is 2. The molecule has 12 heteroatoms. The number of thioether (sulfide) groups is 1. The Morgan fingerprint density at radius 2 is 2.11 bits per heavy atom. The van der Waals surface area contributed by atoms with Gasteiger partial charge in [-0.25, -0.2) is 33.7 Å². The topological polar surface area (TPSA) is 124 Å². The summed E-state index contributed by atoms with van der Waals surface area (Å²) in [5.74, 6) is 0.534. The Balaban J connectivity index is 1.30. The number of aromatic nitrogens is 4. The van der Waals surface area contributed by atoms with E-state index in [-0.39, 0.29) is 22.6 Å². The van der Waals surface area contributed by atoms with Crippen molar-refractivity contribution in [2.24, 2.45) is 10.7 Å². The Kier molecular flexibility index (Phi) is 5.10. The first kappa shape index (κ1) is 21.5. The number of nitrogens with one attached hydrogen (secondary N) is 1. The van der Waals surface area contributed by atoms with Gasteiger partial charge in [0, 0.05) is 17.4 Å². The molecule has 0 saturated carbocycles. The molecule has 176 valence electrons. The molecule has 0 radical (unpaired) electrons. The number of ether oxygens (including phenoxy) is 1. The fourth-order valence-electron chi connectivity index (χ4n) is 4.00. The third-order valence-electron chi connectivity index (χ3n) is 5.69. The van der Waals surface area contributed by atoms with Crippen molar-refractivity contribution in [1.29, 1.82) is 0 Å². The minimum atomic E-state index is -1.46. The van der Waals surface area contributed by atoms with E-state index in [9.17, 15) is 8.78 Å². The Hall–Kier alpha value is -4.06. The van der Waals surface area contributed by atoms with Crippen molar-refractivity contribution < 1.29 is 17.9 Å². The molecule has 0 fully saturated rings. The lowest BCUT2D eigenvalue weighted by atomic mass is 9.87. The van der Waals surface area contributed by atoms with Crippen LogP contribution in [-0.4, -0.2) is 37.0 Å². The molecule has 2 aliphatic rings. The highest BCUT2D eigenvalue weighted by Gasteiger charge is 2.51. The van der Waals surface area contributed by atoms with Gasteiger partial charge in [-0.15, -0.1) is 0 Å².